The van der Waals surface area contributed by atoms with E-state index in [0.29, 0.717) is 11.8 Å². The molecular weight excluding hydrogens is 310 g/mol. The van der Waals surface area contributed by atoms with Crippen LogP contribution < -0.4 is 11.3 Å². The van der Waals surface area contributed by atoms with Gasteiger partial charge in [-0.05, 0) is 23.8 Å². The van der Waals surface area contributed by atoms with Gasteiger partial charge < -0.3 is 16.1 Å². The first kappa shape index (κ1) is 23.6. The number of carboxylic acids is 1. The average Bonchev–Trinajstić information content (AvgIpc) is 2.61. The molecule has 1 rings (SSSR count). The number of unbranched alkanes of at least 4 members (excludes halogenated alkanes) is 4. The van der Waals surface area contributed by atoms with E-state index in [2.05, 4.69) is 20.8 Å². The van der Waals surface area contributed by atoms with Gasteiger partial charge in [-0.25, -0.2) is 0 Å². The highest BCUT2D eigenvalue weighted by Gasteiger charge is 2.22. The zero-order valence-corrected chi connectivity index (χ0v) is 16.9. The van der Waals surface area contributed by atoms with Crippen molar-refractivity contribution >= 4 is 5.97 Å². The molecule has 0 aromatic heterocycles. The van der Waals surface area contributed by atoms with Crippen LogP contribution >= 0.6 is 0 Å². The number of carbonyl (C=O) groups excluding carboxylic acids is 1. The maximum atomic E-state index is 11.4. The predicted octanol–water partition coefficient (Wildman–Crippen LogP) is 5.84. The summed E-state index contributed by atoms with van der Waals surface area (Å²) in [6, 6.07) is 9.48. The lowest BCUT2D eigenvalue weighted by molar-refractivity contribution is -0.308. The summed E-state index contributed by atoms with van der Waals surface area (Å²) in [7, 11) is 0. The molecule has 1 aromatic carbocycles. The first-order valence-corrected chi connectivity index (χ1v) is 9.84. The maximum absolute atomic E-state index is 11.4. The monoisotopic (exact) mass is 349 g/mol. The third-order valence-electron chi connectivity index (χ3n) is 5.94. The van der Waals surface area contributed by atoms with Crippen LogP contribution in [0, 0.1) is 5.41 Å². The summed E-state index contributed by atoms with van der Waals surface area (Å²) >= 11 is 0. The number of carbonyl (C=O) groups is 1. The summed E-state index contributed by atoms with van der Waals surface area (Å²) in [6.45, 7) is 6.95. The lowest BCUT2D eigenvalue weighted by atomic mass is 9.75. The molecule has 25 heavy (non-hydrogen) atoms. The Bertz CT molecular complexity index is 446. The summed E-state index contributed by atoms with van der Waals surface area (Å²) in [6.07, 6.45) is 11.7. The van der Waals surface area contributed by atoms with E-state index in [0.717, 1.165) is 18.4 Å². The Morgan fingerprint density at radius 1 is 0.920 bits per heavy atom. The fourth-order valence-corrected chi connectivity index (χ4v) is 3.77. The van der Waals surface area contributed by atoms with Gasteiger partial charge in [-0.3, -0.25) is 0 Å². The zero-order valence-electron chi connectivity index (χ0n) is 16.9. The van der Waals surface area contributed by atoms with Gasteiger partial charge in [0.2, 0.25) is 0 Å². The number of aliphatic carboxylic acids is 1. The zero-order chi connectivity index (χ0) is 17.8. The first-order chi connectivity index (χ1) is 11.6. The van der Waals surface area contributed by atoms with Gasteiger partial charge in [0.05, 0.1) is 0 Å². The Hall–Kier alpha value is -1.35. The van der Waals surface area contributed by atoms with Gasteiger partial charge in [0, 0.05) is 11.9 Å². The molecule has 144 valence electrons. The van der Waals surface area contributed by atoms with Crippen molar-refractivity contribution in [1.82, 2.24) is 6.15 Å². The van der Waals surface area contributed by atoms with Gasteiger partial charge in [-0.1, -0.05) is 102 Å². The van der Waals surface area contributed by atoms with Crippen molar-refractivity contribution in [1.29, 1.82) is 0 Å². The van der Waals surface area contributed by atoms with E-state index >= 15 is 0 Å². The Balaban J connectivity index is 0.00000576. The van der Waals surface area contributed by atoms with Crippen molar-refractivity contribution in [2.75, 3.05) is 0 Å². The minimum absolute atomic E-state index is 0. The Morgan fingerprint density at radius 2 is 1.44 bits per heavy atom. The molecule has 0 saturated heterocycles. The van der Waals surface area contributed by atoms with Crippen LogP contribution in [0.1, 0.15) is 96.5 Å². The van der Waals surface area contributed by atoms with Crippen molar-refractivity contribution in [3.63, 3.8) is 0 Å². The molecule has 0 radical (unpaired) electrons. The maximum Gasteiger partial charge on any atom is 0.0489 e. The summed E-state index contributed by atoms with van der Waals surface area (Å²) in [5.41, 5.74) is 1.42. The minimum atomic E-state index is -0.945. The fraction of sp³-hybridized carbons (Fsp3) is 0.682. The quantitative estimate of drug-likeness (QED) is 0.454. The molecule has 4 N–H and O–H groups in total. The third kappa shape index (κ3) is 8.04. The summed E-state index contributed by atoms with van der Waals surface area (Å²) in [5, 5.41) is 11.4. The molecule has 0 aliphatic heterocycles. The second-order valence-electron chi connectivity index (χ2n) is 7.15. The number of quaternary nitrogens is 1. The molecule has 0 aliphatic carbocycles. The lowest BCUT2D eigenvalue weighted by Crippen LogP contribution is -2.29. The highest BCUT2D eigenvalue weighted by molar-refractivity contribution is 5.73. The van der Waals surface area contributed by atoms with Gasteiger partial charge in [0.15, 0.2) is 0 Å². The highest BCUT2D eigenvalue weighted by Crippen LogP contribution is 2.36. The van der Waals surface area contributed by atoms with Gasteiger partial charge in [-0.2, -0.15) is 0 Å². The molecule has 1 aromatic rings. The van der Waals surface area contributed by atoms with Crippen molar-refractivity contribution in [3.05, 3.63) is 35.9 Å². The van der Waals surface area contributed by atoms with Gasteiger partial charge in [0.1, 0.15) is 0 Å². The van der Waals surface area contributed by atoms with E-state index in [-0.39, 0.29) is 6.15 Å². The van der Waals surface area contributed by atoms with E-state index in [1.165, 1.54) is 44.9 Å². The van der Waals surface area contributed by atoms with Gasteiger partial charge in [-0.15, -0.1) is 0 Å². The molecule has 0 aliphatic rings. The number of carboxylic acid groups (broad SMARTS) is 1. The Morgan fingerprint density at radius 3 is 1.96 bits per heavy atom. The number of hydrogen-bond donors (Lipinski definition) is 1. The number of benzene rings is 1. The van der Waals surface area contributed by atoms with Crippen LogP contribution in [0.5, 0.6) is 0 Å². The largest absolute Gasteiger partial charge is 0.549 e. The van der Waals surface area contributed by atoms with Crippen LogP contribution in [-0.4, -0.2) is 5.97 Å². The molecule has 3 heteroatoms. The fourth-order valence-electron chi connectivity index (χ4n) is 3.77. The topological polar surface area (TPSA) is 76.6 Å². The molecule has 1 unspecified atom stereocenters. The number of hydrogen-bond acceptors (Lipinski definition) is 2. The highest BCUT2D eigenvalue weighted by atomic mass is 16.4. The molecule has 0 saturated carbocycles. The third-order valence-corrected chi connectivity index (χ3v) is 5.94. The van der Waals surface area contributed by atoms with Crippen molar-refractivity contribution in [3.8, 4) is 0 Å². The van der Waals surface area contributed by atoms with E-state index in [4.69, 9.17) is 0 Å². The molecule has 1 atom stereocenters. The first-order valence-electron chi connectivity index (χ1n) is 9.84. The van der Waals surface area contributed by atoms with Gasteiger partial charge >= 0.3 is 0 Å². The van der Waals surface area contributed by atoms with Crippen LogP contribution in [0.2, 0.25) is 0 Å². The average molecular weight is 350 g/mol. The normalized spacial score (nSPS) is 12.4. The van der Waals surface area contributed by atoms with Crippen LogP contribution in [-0.2, 0) is 4.79 Å². The van der Waals surface area contributed by atoms with Crippen molar-refractivity contribution in [2.45, 2.75) is 90.9 Å². The van der Waals surface area contributed by atoms with E-state index in [1.54, 1.807) is 0 Å². The molecule has 0 heterocycles. The molecular formula is C22H39NO2. The smallest absolute Gasteiger partial charge is 0.0489 e. The second kappa shape index (κ2) is 12.9. The van der Waals surface area contributed by atoms with Crippen molar-refractivity contribution in [2.24, 2.45) is 5.41 Å². The summed E-state index contributed by atoms with van der Waals surface area (Å²) < 4.78 is 0. The van der Waals surface area contributed by atoms with Gasteiger partial charge in [0.25, 0.3) is 0 Å². The van der Waals surface area contributed by atoms with E-state index in [9.17, 15) is 9.90 Å². The Labute approximate surface area is 154 Å². The number of rotatable bonds is 13. The molecule has 0 fully saturated rings. The molecule has 3 nitrogen and oxygen atoms in total. The molecule has 0 spiro atoms. The molecule has 0 amide bonds. The van der Waals surface area contributed by atoms with Crippen LogP contribution in [0.15, 0.2) is 30.3 Å². The summed E-state index contributed by atoms with van der Waals surface area (Å²) in [5.74, 6) is -1.40. The standard InChI is InChI=1S/C22H36O2.H3N/c1-4-22(5-2,6-3)18-14-9-7-8-13-17-20(21(23)24)19-15-11-10-12-16-19;/h10-12,15-16,20H,4-9,13-14,17-18H2,1-3H3,(H,23,24);1H3. The van der Waals surface area contributed by atoms with E-state index < -0.39 is 11.9 Å². The van der Waals surface area contributed by atoms with Crippen LogP contribution in [0.25, 0.3) is 0 Å². The lowest BCUT2D eigenvalue weighted by Gasteiger charge is -2.30. The SMILES string of the molecule is CCC(CC)(CC)CCCCCCCC(C(=O)[O-])c1ccccc1.[NH4+]. The Kier molecular flexibility index (Phi) is 12.2. The van der Waals surface area contributed by atoms with Crippen LogP contribution in [0.3, 0.4) is 0 Å². The second-order valence-corrected chi connectivity index (χ2v) is 7.15. The van der Waals surface area contributed by atoms with Crippen LogP contribution in [0.4, 0.5) is 0 Å². The molecule has 0 bridgehead atoms. The summed E-state index contributed by atoms with van der Waals surface area (Å²) in [4.78, 5) is 11.4. The minimum Gasteiger partial charge on any atom is -0.549 e. The predicted molar refractivity (Wildman–Crippen MR) is 106 cm³/mol. The van der Waals surface area contributed by atoms with E-state index in [1.807, 2.05) is 30.3 Å². The van der Waals surface area contributed by atoms with Crippen molar-refractivity contribution < 1.29 is 9.90 Å².